The van der Waals surface area contributed by atoms with Gasteiger partial charge in [0.1, 0.15) is 25.0 Å². The lowest BCUT2D eigenvalue weighted by Gasteiger charge is -2.25. The molecule has 1 aromatic carbocycles. The molecule has 8 nitrogen and oxygen atoms in total. The van der Waals surface area contributed by atoms with Gasteiger partial charge in [0.2, 0.25) is 11.8 Å². The van der Waals surface area contributed by atoms with E-state index in [2.05, 4.69) is 10.6 Å². The molecule has 1 aromatic rings. The van der Waals surface area contributed by atoms with Gasteiger partial charge < -0.3 is 20.2 Å². The van der Waals surface area contributed by atoms with E-state index in [4.69, 9.17) is 4.74 Å². The van der Waals surface area contributed by atoms with E-state index in [1.807, 2.05) is 44.2 Å². The molecule has 1 aliphatic rings. The van der Waals surface area contributed by atoms with Gasteiger partial charge in [-0.1, -0.05) is 44.2 Å². The van der Waals surface area contributed by atoms with Crippen molar-refractivity contribution >= 4 is 24.2 Å². The van der Waals surface area contributed by atoms with Crippen LogP contribution in [0.1, 0.15) is 45.6 Å². The fourth-order valence-corrected chi connectivity index (χ4v) is 3.40. The summed E-state index contributed by atoms with van der Waals surface area (Å²) in [4.78, 5) is 50.0. The van der Waals surface area contributed by atoms with Crippen molar-refractivity contribution in [2.24, 2.45) is 5.92 Å². The molecule has 1 heterocycles. The largest absolute Gasteiger partial charge is 0.445 e. The second-order valence-electron chi connectivity index (χ2n) is 8.00. The molecule has 0 radical (unpaired) electrons. The zero-order chi connectivity index (χ0) is 22.1. The Morgan fingerprint density at radius 1 is 1.17 bits per heavy atom. The van der Waals surface area contributed by atoms with Crippen molar-refractivity contribution in [1.29, 1.82) is 0 Å². The minimum atomic E-state index is -0.824. The molecule has 1 fully saturated rings. The fourth-order valence-electron chi connectivity index (χ4n) is 3.40. The highest BCUT2D eigenvalue weighted by atomic mass is 16.6. The second kappa shape index (κ2) is 11.3. The standard InChI is InChI=1S/C22H31N3O5/c1-15(2)12-18(13-26)24-20(27)16(3)23-21(28)19-10-7-11-25(19)22(29)30-14-17-8-5-4-6-9-17/h4-6,8-9,13,15-16,18-19H,7,10-12,14H2,1-3H3,(H,23,28)(H,24,27)/t16-,18-,19?/m0/s1. The van der Waals surface area contributed by atoms with E-state index >= 15 is 0 Å². The number of aldehydes is 1. The molecule has 0 aromatic heterocycles. The quantitative estimate of drug-likeness (QED) is 0.598. The number of carbonyl (C=O) groups excluding carboxylic acids is 4. The van der Waals surface area contributed by atoms with Crippen LogP contribution in [-0.2, 0) is 25.7 Å². The van der Waals surface area contributed by atoms with Crippen molar-refractivity contribution in [2.45, 2.75) is 64.8 Å². The van der Waals surface area contributed by atoms with Gasteiger partial charge in [0.05, 0.1) is 6.04 Å². The first-order chi connectivity index (χ1) is 14.3. The average molecular weight is 418 g/mol. The van der Waals surface area contributed by atoms with Crippen molar-refractivity contribution < 1.29 is 23.9 Å². The highest BCUT2D eigenvalue weighted by Gasteiger charge is 2.36. The number of carbonyl (C=O) groups is 4. The molecule has 3 amide bonds. The number of hydrogen-bond donors (Lipinski definition) is 2. The monoisotopic (exact) mass is 417 g/mol. The lowest BCUT2D eigenvalue weighted by atomic mass is 10.0. The van der Waals surface area contributed by atoms with Crippen LogP contribution in [0.15, 0.2) is 30.3 Å². The predicted octanol–water partition coefficient (Wildman–Crippen LogP) is 2.02. The molecule has 8 heteroatoms. The Labute approximate surface area is 177 Å². The van der Waals surface area contributed by atoms with Gasteiger partial charge in [-0.2, -0.15) is 0 Å². The maximum absolute atomic E-state index is 12.7. The Bertz CT molecular complexity index is 738. The van der Waals surface area contributed by atoms with Gasteiger partial charge >= 0.3 is 6.09 Å². The third-order valence-electron chi connectivity index (χ3n) is 4.96. The first-order valence-electron chi connectivity index (χ1n) is 10.3. The summed E-state index contributed by atoms with van der Waals surface area (Å²) >= 11 is 0. The SMILES string of the molecule is CC(C)C[C@@H](C=O)NC(=O)[C@H](C)NC(=O)C1CCCN1C(=O)OCc1ccccc1. The molecular formula is C22H31N3O5. The Morgan fingerprint density at radius 3 is 2.50 bits per heavy atom. The number of rotatable bonds is 9. The van der Waals surface area contributed by atoms with Crippen molar-refractivity contribution in [3.63, 3.8) is 0 Å². The predicted molar refractivity (Wildman–Crippen MR) is 111 cm³/mol. The Hall–Kier alpha value is -2.90. The van der Waals surface area contributed by atoms with Crippen LogP contribution in [0.2, 0.25) is 0 Å². The molecule has 2 N–H and O–H groups in total. The van der Waals surface area contributed by atoms with Crippen LogP contribution in [0, 0.1) is 5.92 Å². The van der Waals surface area contributed by atoms with Crippen LogP contribution in [0.3, 0.4) is 0 Å². The summed E-state index contributed by atoms with van der Waals surface area (Å²) in [6, 6.07) is 7.21. The summed E-state index contributed by atoms with van der Waals surface area (Å²) in [5.41, 5.74) is 0.863. The van der Waals surface area contributed by atoms with E-state index < -0.39 is 36.0 Å². The molecule has 30 heavy (non-hydrogen) atoms. The van der Waals surface area contributed by atoms with Crippen molar-refractivity contribution in [3.8, 4) is 0 Å². The maximum Gasteiger partial charge on any atom is 0.410 e. The molecule has 0 bridgehead atoms. The number of hydrogen-bond acceptors (Lipinski definition) is 5. The fraction of sp³-hybridized carbons (Fsp3) is 0.545. The summed E-state index contributed by atoms with van der Waals surface area (Å²) in [6.07, 6.45) is 1.87. The molecule has 164 valence electrons. The van der Waals surface area contributed by atoms with Gasteiger partial charge in [-0.3, -0.25) is 14.5 Å². The Morgan fingerprint density at radius 2 is 1.87 bits per heavy atom. The van der Waals surface area contributed by atoms with Gasteiger partial charge in [-0.05, 0) is 37.7 Å². The van der Waals surface area contributed by atoms with Gasteiger partial charge in [-0.25, -0.2) is 4.79 Å². The van der Waals surface area contributed by atoms with E-state index in [1.165, 1.54) is 4.90 Å². The van der Waals surface area contributed by atoms with Crippen molar-refractivity contribution in [3.05, 3.63) is 35.9 Å². The van der Waals surface area contributed by atoms with Crippen LogP contribution < -0.4 is 10.6 Å². The number of nitrogens with one attached hydrogen (secondary N) is 2. The van der Waals surface area contributed by atoms with Crippen LogP contribution in [0.25, 0.3) is 0 Å². The maximum atomic E-state index is 12.7. The van der Waals surface area contributed by atoms with E-state index in [1.54, 1.807) is 6.92 Å². The molecule has 1 aliphatic heterocycles. The van der Waals surface area contributed by atoms with Crippen LogP contribution >= 0.6 is 0 Å². The summed E-state index contributed by atoms with van der Waals surface area (Å²) in [5, 5.41) is 5.29. The lowest BCUT2D eigenvalue weighted by molar-refractivity contribution is -0.131. The zero-order valence-electron chi connectivity index (χ0n) is 17.8. The summed E-state index contributed by atoms with van der Waals surface area (Å²) in [7, 11) is 0. The topological polar surface area (TPSA) is 105 Å². The summed E-state index contributed by atoms with van der Waals surface area (Å²) in [6.45, 7) is 6.02. The van der Waals surface area contributed by atoms with Crippen LogP contribution in [-0.4, -0.2) is 53.8 Å². The highest BCUT2D eigenvalue weighted by Crippen LogP contribution is 2.19. The van der Waals surface area contributed by atoms with Crippen molar-refractivity contribution in [1.82, 2.24) is 15.5 Å². The van der Waals surface area contributed by atoms with E-state index in [9.17, 15) is 19.2 Å². The number of ether oxygens (including phenoxy) is 1. The summed E-state index contributed by atoms with van der Waals surface area (Å²) < 4.78 is 5.34. The third-order valence-corrected chi connectivity index (χ3v) is 4.96. The smallest absolute Gasteiger partial charge is 0.410 e. The Balaban J connectivity index is 1.87. The first-order valence-corrected chi connectivity index (χ1v) is 10.3. The minimum absolute atomic E-state index is 0.131. The van der Waals surface area contributed by atoms with Crippen molar-refractivity contribution in [2.75, 3.05) is 6.54 Å². The average Bonchev–Trinajstić information content (AvgIpc) is 3.22. The minimum Gasteiger partial charge on any atom is -0.445 e. The number of likely N-dealkylation sites (tertiary alicyclic amines) is 1. The Kier molecular flexibility index (Phi) is 8.83. The number of amides is 3. The third kappa shape index (κ3) is 6.86. The lowest BCUT2D eigenvalue weighted by Crippen LogP contribution is -2.53. The van der Waals surface area contributed by atoms with E-state index in [-0.39, 0.29) is 12.5 Å². The van der Waals surface area contributed by atoms with Gasteiger partial charge in [0.25, 0.3) is 0 Å². The summed E-state index contributed by atoms with van der Waals surface area (Å²) in [5.74, 6) is -0.588. The molecular weight excluding hydrogens is 386 g/mol. The van der Waals surface area contributed by atoms with Gasteiger partial charge in [0, 0.05) is 6.54 Å². The molecule has 0 spiro atoms. The molecule has 3 atom stereocenters. The van der Waals surface area contributed by atoms with Gasteiger partial charge in [0.15, 0.2) is 0 Å². The molecule has 1 unspecified atom stereocenters. The molecule has 0 aliphatic carbocycles. The zero-order valence-corrected chi connectivity index (χ0v) is 17.8. The molecule has 2 rings (SSSR count). The van der Waals surface area contributed by atoms with E-state index in [0.29, 0.717) is 32.1 Å². The normalized spacial score (nSPS) is 17.9. The highest BCUT2D eigenvalue weighted by molar-refractivity contribution is 5.92. The van der Waals surface area contributed by atoms with E-state index in [0.717, 1.165) is 5.56 Å². The molecule has 0 saturated carbocycles. The number of nitrogens with zero attached hydrogens (tertiary/aromatic N) is 1. The van der Waals surface area contributed by atoms with Gasteiger partial charge in [-0.15, -0.1) is 0 Å². The molecule has 1 saturated heterocycles. The number of benzene rings is 1. The first kappa shape index (κ1) is 23.4. The second-order valence-corrected chi connectivity index (χ2v) is 8.00. The van der Waals surface area contributed by atoms with Crippen LogP contribution in [0.4, 0.5) is 4.79 Å². The van der Waals surface area contributed by atoms with Crippen LogP contribution in [0.5, 0.6) is 0 Å².